The molecule has 0 unspecified atom stereocenters. The van der Waals surface area contributed by atoms with Gasteiger partial charge in [-0.1, -0.05) is 43.3 Å². The molecule has 0 atom stereocenters. The first-order valence-corrected chi connectivity index (χ1v) is 9.63. The second-order valence-electron chi connectivity index (χ2n) is 6.35. The molecule has 0 aliphatic carbocycles. The normalized spacial score (nSPS) is 11.4. The summed E-state index contributed by atoms with van der Waals surface area (Å²) in [6.45, 7) is 4.97. The number of nitrogens with zero attached hydrogens (tertiary/aromatic N) is 3. The lowest BCUT2D eigenvalue weighted by Gasteiger charge is -2.14. The first kappa shape index (κ1) is 18.0. The van der Waals surface area contributed by atoms with E-state index >= 15 is 0 Å². The minimum Gasteiger partial charge on any atom is -0.287 e. The quantitative estimate of drug-likeness (QED) is 0.460. The van der Waals surface area contributed by atoms with Crippen molar-refractivity contribution in [2.24, 2.45) is 5.92 Å². The van der Waals surface area contributed by atoms with Crippen LogP contribution < -0.4 is 5.56 Å². The summed E-state index contributed by atoms with van der Waals surface area (Å²) < 4.78 is 1.79. The average Bonchev–Trinajstić information content (AvgIpc) is 2.59. The number of benzene rings is 1. The molecule has 0 aliphatic rings. The topological polar surface area (TPSA) is 47.8 Å². The van der Waals surface area contributed by atoms with Crippen molar-refractivity contribution in [3.63, 3.8) is 0 Å². The molecule has 0 amide bonds. The van der Waals surface area contributed by atoms with Crippen molar-refractivity contribution < 1.29 is 0 Å². The molecule has 0 bridgehead atoms. The first-order chi connectivity index (χ1) is 12.0. The summed E-state index contributed by atoms with van der Waals surface area (Å²) in [6.07, 6.45) is 4.52. The van der Waals surface area contributed by atoms with Gasteiger partial charge >= 0.3 is 0 Å². The number of thioether (sulfide) groups is 1. The molecule has 130 valence electrons. The van der Waals surface area contributed by atoms with Gasteiger partial charge in [-0.3, -0.25) is 14.3 Å². The third kappa shape index (κ3) is 4.41. The van der Waals surface area contributed by atoms with Crippen molar-refractivity contribution in [3.05, 3.63) is 63.7 Å². The molecule has 0 spiro atoms. The highest BCUT2D eigenvalue weighted by molar-refractivity contribution is 7.98. The number of aromatic nitrogens is 3. The van der Waals surface area contributed by atoms with Crippen molar-refractivity contribution in [2.45, 2.75) is 37.7 Å². The molecular formula is C19H20ClN3OS. The third-order valence-corrected chi connectivity index (χ3v) is 5.19. The fraction of sp³-hybridized carbons (Fsp3) is 0.316. The van der Waals surface area contributed by atoms with Crippen LogP contribution in [0.5, 0.6) is 0 Å². The van der Waals surface area contributed by atoms with Crippen molar-refractivity contribution >= 4 is 34.3 Å². The highest BCUT2D eigenvalue weighted by Gasteiger charge is 2.13. The lowest BCUT2D eigenvalue weighted by atomic mass is 10.1. The Morgan fingerprint density at radius 1 is 1.28 bits per heavy atom. The zero-order chi connectivity index (χ0) is 17.8. The maximum Gasteiger partial charge on any atom is 0.262 e. The molecule has 0 radical (unpaired) electrons. The van der Waals surface area contributed by atoms with Gasteiger partial charge in [-0.2, -0.15) is 0 Å². The van der Waals surface area contributed by atoms with Crippen LogP contribution in [0.25, 0.3) is 10.9 Å². The third-order valence-electron chi connectivity index (χ3n) is 3.90. The highest BCUT2D eigenvalue weighted by Crippen LogP contribution is 2.23. The largest absolute Gasteiger partial charge is 0.287 e. The minimum atomic E-state index is -0.00370. The van der Waals surface area contributed by atoms with Gasteiger partial charge in [0.1, 0.15) is 0 Å². The van der Waals surface area contributed by atoms with E-state index in [-0.39, 0.29) is 5.56 Å². The predicted molar refractivity (Wildman–Crippen MR) is 104 cm³/mol. The fourth-order valence-electron chi connectivity index (χ4n) is 2.50. The second-order valence-corrected chi connectivity index (χ2v) is 7.72. The van der Waals surface area contributed by atoms with Crippen molar-refractivity contribution in [1.29, 1.82) is 0 Å². The van der Waals surface area contributed by atoms with Crippen LogP contribution in [0.4, 0.5) is 0 Å². The Labute approximate surface area is 156 Å². The minimum absolute atomic E-state index is 0.00370. The van der Waals surface area contributed by atoms with Gasteiger partial charge in [0.15, 0.2) is 5.16 Å². The Morgan fingerprint density at radius 3 is 2.84 bits per heavy atom. The zero-order valence-corrected chi connectivity index (χ0v) is 15.8. The van der Waals surface area contributed by atoms with E-state index in [2.05, 4.69) is 18.8 Å². The Balaban J connectivity index is 2.00. The number of halogens is 1. The molecule has 0 saturated heterocycles. The number of pyridine rings is 1. The number of hydrogen-bond acceptors (Lipinski definition) is 4. The lowest BCUT2D eigenvalue weighted by Crippen LogP contribution is -2.24. The summed E-state index contributed by atoms with van der Waals surface area (Å²) in [5, 5.41) is 1.92. The number of rotatable bonds is 6. The Hall–Kier alpha value is -1.85. The van der Waals surface area contributed by atoms with Gasteiger partial charge in [0, 0.05) is 29.7 Å². The second kappa shape index (κ2) is 8.02. The molecule has 3 rings (SSSR count). The van der Waals surface area contributed by atoms with E-state index in [1.54, 1.807) is 40.7 Å². The van der Waals surface area contributed by atoms with E-state index in [0.717, 1.165) is 17.1 Å². The molecule has 2 aromatic heterocycles. The lowest BCUT2D eigenvalue weighted by molar-refractivity contribution is 0.481. The molecule has 6 heteroatoms. The molecule has 3 aromatic rings. The molecule has 2 heterocycles. The van der Waals surface area contributed by atoms with Crippen LogP contribution in [0.2, 0.25) is 5.02 Å². The summed E-state index contributed by atoms with van der Waals surface area (Å²) in [7, 11) is 0. The molecule has 0 N–H and O–H groups in total. The molecule has 0 saturated carbocycles. The summed E-state index contributed by atoms with van der Waals surface area (Å²) in [4.78, 5) is 21.8. The zero-order valence-electron chi connectivity index (χ0n) is 14.3. The standard InChI is InChI=1S/C19H20ClN3OS/c1-13(2)7-9-23-18(24)16-6-5-15(20)10-17(16)22-19(23)25-12-14-4-3-8-21-11-14/h3-6,8,10-11,13H,7,9,12H2,1-2H3. The summed E-state index contributed by atoms with van der Waals surface area (Å²) in [5.74, 6) is 1.23. The van der Waals surface area contributed by atoms with Crippen LogP contribution in [-0.2, 0) is 12.3 Å². The number of fused-ring (bicyclic) bond motifs is 1. The number of hydrogen-bond donors (Lipinski definition) is 0. The SMILES string of the molecule is CC(C)CCn1c(SCc2cccnc2)nc2cc(Cl)ccc2c1=O. The van der Waals surface area contributed by atoms with E-state index in [0.29, 0.717) is 34.1 Å². The van der Waals surface area contributed by atoms with Crippen molar-refractivity contribution in [1.82, 2.24) is 14.5 Å². The van der Waals surface area contributed by atoms with Gasteiger partial charge < -0.3 is 0 Å². The van der Waals surface area contributed by atoms with Gasteiger partial charge in [-0.25, -0.2) is 4.98 Å². The van der Waals surface area contributed by atoms with Gasteiger partial charge in [-0.05, 0) is 42.2 Å². The molecule has 1 aromatic carbocycles. The molecular weight excluding hydrogens is 354 g/mol. The van der Waals surface area contributed by atoms with E-state index in [1.165, 1.54) is 0 Å². The van der Waals surface area contributed by atoms with Gasteiger partial charge in [0.25, 0.3) is 5.56 Å². The maximum absolute atomic E-state index is 12.9. The van der Waals surface area contributed by atoms with Gasteiger partial charge in [-0.15, -0.1) is 0 Å². The van der Waals surface area contributed by atoms with Crippen LogP contribution in [-0.4, -0.2) is 14.5 Å². The predicted octanol–water partition coefficient (Wildman–Crippen LogP) is 4.78. The first-order valence-electron chi connectivity index (χ1n) is 8.26. The van der Waals surface area contributed by atoms with Gasteiger partial charge in [0.2, 0.25) is 0 Å². The molecule has 25 heavy (non-hydrogen) atoms. The monoisotopic (exact) mass is 373 g/mol. The van der Waals surface area contributed by atoms with E-state index in [4.69, 9.17) is 16.6 Å². The smallest absolute Gasteiger partial charge is 0.262 e. The molecule has 0 fully saturated rings. The van der Waals surface area contributed by atoms with Crippen molar-refractivity contribution in [2.75, 3.05) is 0 Å². The molecule has 0 aliphatic heterocycles. The van der Waals surface area contributed by atoms with E-state index < -0.39 is 0 Å². The van der Waals surface area contributed by atoms with Crippen LogP contribution in [0.3, 0.4) is 0 Å². The Kier molecular flexibility index (Phi) is 5.76. The molecule has 4 nitrogen and oxygen atoms in total. The van der Waals surface area contributed by atoms with Crippen LogP contribution >= 0.6 is 23.4 Å². The fourth-order valence-corrected chi connectivity index (χ4v) is 3.63. The Bertz CT molecular complexity index is 925. The summed E-state index contributed by atoms with van der Waals surface area (Å²) >= 11 is 7.63. The van der Waals surface area contributed by atoms with E-state index in [9.17, 15) is 4.79 Å². The highest BCUT2D eigenvalue weighted by atomic mass is 35.5. The van der Waals surface area contributed by atoms with E-state index in [1.807, 2.05) is 18.3 Å². The average molecular weight is 374 g/mol. The summed E-state index contributed by atoms with van der Waals surface area (Å²) in [5.41, 5.74) is 1.74. The van der Waals surface area contributed by atoms with Crippen LogP contribution in [0.1, 0.15) is 25.8 Å². The maximum atomic E-state index is 12.9. The van der Waals surface area contributed by atoms with Crippen LogP contribution in [0, 0.1) is 5.92 Å². The van der Waals surface area contributed by atoms with Crippen molar-refractivity contribution in [3.8, 4) is 0 Å². The van der Waals surface area contributed by atoms with Crippen LogP contribution in [0.15, 0.2) is 52.7 Å². The van der Waals surface area contributed by atoms with Gasteiger partial charge in [0.05, 0.1) is 10.9 Å². The summed E-state index contributed by atoms with van der Waals surface area (Å²) in [6, 6.07) is 9.18. The Morgan fingerprint density at radius 2 is 2.12 bits per heavy atom.